The summed E-state index contributed by atoms with van der Waals surface area (Å²) in [4.78, 5) is 19.3. The number of benzene rings is 2. The molecule has 1 aromatic heterocycles. The number of para-hydroxylation sites is 1. The SMILES string of the molecule is COc1ccc(NC(=O)N2CCCC2c2nc(-c3ccccc3OC)no2)c(C)c1. The second kappa shape index (κ2) is 8.44. The van der Waals surface area contributed by atoms with E-state index >= 15 is 0 Å². The van der Waals surface area contributed by atoms with E-state index in [0.29, 0.717) is 24.0 Å². The van der Waals surface area contributed by atoms with Gasteiger partial charge in [-0.1, -0.05) is 17.3 Å². The average Bonchev–Trinajstić information content (AvgIpc) is 3.44. The molecule has 3 aromatic rings. The minimum atomic E-state index is -0.264. The first-order valence-corrected chi connectivity index (χ1v) is 9.80. The summed E-state index contributed by atoms with van der Waals surface area (Å²) in [7, 11) is 3.22. The number of amides is 2. The van der Waals surface area contributed by atoms with Gasteiger partial charge in [0.1, 0.15) is 17.5 Å². The molecule has 1 unspecified atom stereocenters. The third kappa shape index (κ3) is 3.80. The molecule has 0 spiro atoms. The van der Waals surface area contributed by atoms with Gasteiger partial charge in [0, 0.05) is 12.2 Å². The summed E-state index contributed by atoms with van der Waals surface area (Å²) < 4.78 is 16.1. The topological polar surface area (TPSA) is 89.7 Å². The van der Waals surface area contributed by atoms with Crippen molar-refractivity contribution >= 4 is 11.7 Å². The van der Waals surface area contributed by atoms with Gasteiger partial charge >= 0.3 is 6.03 Å². The third-order valence-electron chi connectivity index (χ3n) is 5.26. The van der Waals surface area contributed by atoms with Gasteiger partial charge in [-0.25, -0.2) is 4.79 Å². The van der Waals surface area contributed by atoms with Crippen molar-refractivity contribution in [2.75, 3.05) is 26.1 Å². The van der Waals surface area contributed by atoms with E-state index in [1.54, 1.807) is 19.1 Å². The average molecular weight is 408 g/mol. The van der Waals surface area contributed by atoms with Crippen LogP contribution in [0.25, 0.3) is 11.4 Å². The molecule has 1 saturated heterocycles. The number of ether oxygens (including phenoxy) is 2. The van der Waals surface area contributed by atoms with Crippen LogP contribution in [0.1, 0.15) is 30.3 Å². The Morgan fingerprint density at radius 1 is 1.20 bits per heavy atom. The van der Waals surface area contributed by atoms with Gasteiger partial charge in [-0.2, -0.15) is 4.98 Å². The highest BCUT2D eigenvalue weighted by Crippen LogP contribution is 2.34. The Morgan fingerprint density at radius 3 is 2.80 bits per heavy atom. The molecule has 2 heterocycles. The molecule has 0 aliphatic carbocycles. The number of urea groups is 1. The molecule has 0 bridgehead atoms. The van der Waals surface area contributed by atoms with Crippen molar-refractivity contribution in [3.05, 3.63) is 53.9 Å². The largest absolute Gasteiger partial charge is 0.497 e. The molecule has 30 heavy (non-hydrogen) atoms. The number of anilines is 1. The fourth-order valence-electron chi connectivity index (χ4n) is 3.67. The smallest absolute Gasteiger partial charge is 0.322 e. The van der Waals surface area contributed by atoms with Crippen molar-refractivity contribution in [2.45, 2.75) is 25.8 Å². The number of methoxy groups -OCH3 is 2. The van der Waals surface area contributed by atoms with E-state index in [1.165, 1.54) is 0 Å². The standard InChI is InChI=1S/C22H24N4O4/c1-14-13-15(28-2)10-11-17(14)23-22(27)26-12-6-8-18(26)21-24-20(25-30-21)16-7-4-5-9-19(16)29-3/h4-5,7,9-11,13,18H,6,8,12H2,1-3H3,(H,23,27). The molecular formula is C22H24N4O4. The Hall–Kier alpha value is -3.55. The third-order valence-corrected chi connectivity index (χ3v) is 5.26. The molecule has 2 aromatic carbocycles. The maximum Gasteiger partial charge on any atom is 0.322 e. The molecule has 156 valence electrons. The molecule has 8 heteroatoms. The Balaban J connectivity index is 1.53. The van der Waals surface area contributed by atoms with Crippen LogP contribution in [-0.2, 0) is 0 Å². The van der Waals surface area contributed by atoms with Crippen molar-refractivity contribution in [2.24, 2.45) is 0 Å². The van der Waals surface area contributed by atoms with Gasteiger partial charge in [-0.3, -0.25) is 0 Å². The van der Waals surface area contributed by atoms with Crippen molar-refractivity contribution < 1.29 is 18.8 Å². The molecule has 1 aliphatic heterocycles. The Morgan fingerprint density at radius 2 is 2.03 bits per heavy atom. The van der Waals surface area contributed by atoms with Crippen molar-refractivity contribution in [1.82, 2.24) is 15.0 Å². The van der Waals surface area contributed by atoms with E-state index in [0.717, 1.165) is 35.4 Å². The fraction of sp³-hybridized carbons (Fsp3) is 0.318. The monoisotopic (exact) mass is 408 g/mol. The summed E-state index contributed by atoms with van der Waals surface area (Å²) in [5, 5.41) is 7.09. The van der Waals surface area contributed by atoms with Crippen LogP contribution >= 0.6 is 0 Å². The second-order valence-electron chi connectivity index (χ2n) is 7.12. The summed E-state index contributed by atoms with van der Waals surface area (Å²) in [5.74, 6) is 2.29. The Labute approximate surface area is 174 Å². The normalized spacial score (nSPS) is 15.8. The van der Waals surface area contributed by atoms with Gasteiger partial charge in [-0.15, -0.1) is 0 Å². The molecule has 4 rings (SSSR count). The summed E-state index contributed by atoms with van der Waals surface area (Å²) in [5.41, 5.74) is 2.42. The number of aromatic nitrogens is 2. The van der Waals surface area contributed by atoms with Crippen LogP contribution < -0.4 is 14.8 Å². The lowest BCUT2D eigenvalue weighted by Crippen LogP contribution is -2.34. The minimum absolute atomic E-state index is 0.192. The highest BCUT2D eigenvalue weighted by Gasteiger charge is 2.34. The summed E-state index contributed by atoms with van der Waals surface area (Å²) in [6, 6.07) is 12.6. The van der Waals surface area contributed by atoms with E-state index in [-0.39, 0.29) is 12.1 Å². The predicted molar refractivity (Wildman–Crippen MR) is 112 cm³/mol. The molecule has 0 radical (unpaired) electrons. The van der Waals surface area contributed by atoms with Gasteiger partial charge in [0.15, 0.2) is 0 Å². The van der Waals surface area contributed by atoms with Crippen LogP contribution in [0.3, 0.4) is 0 Å². The van der Waals surface area contributed by atoms with Crippen LogP contribution in [0.2, 0.25) is 0 Å². The number of likely N-dealkylation sites (tertiary alicyclic amines) is 1. The maximum atomic E-state index is 13.0. The van der Waals surface area contributed by atoms with Crippen LogP contribution in [0.5, 0.6) is 11.5 Å². The number of rotatable bonds is 5. The highest BCUT2D eigenvalue weighted by atomic mass is 16.5. The van der Waals surface area contributed by atoms with Gasteiger partial charge in [-0.05, 0) is 55.7 Å². The summed E-state index contributed by atoms with van der Waals surface area (Å²) >= 11 is 0. The van der Waals surface area contributed by atoms with E-state index in [4.69, 9.17) is 14.0 Å². The molecule has 2 amide bonds. The molecule has 1 fully saturated rings. The molecule has 1 N–H and O–H groups in total. The van der Waals surface area contributed by atoms with Gasteiger partial charge in [0.05, 0.1) is 19.8 Å². The van der Waals surface area contributed by atoms with E-state index in [1.807, 2.05) is 49.4 Å². The minimum Gasteiger partial charge on any atom is -0.497 e. The number of carbonyl (C=O) groups excluding carboxylic acids is 1. The van der Waals surface area contributed by atoms with Gasteiger partial charge in [0.2, 0.25) is 11.7 Å². The predicted octanol–water partition coefficient (Wildman–Crippen LogP) is 4.43. The fourth-order valence-corrected chi connectivity index (χ4v) is 3.67. The lowest BCUT2D eigenvalue weighted by molar-refractivity contribution is 0.193. The number of aryl methyl sites for hydroxylation is 1. The number of nitrogens with zero attached hydrogens (tertiary/aromatic N) is 3. The van der Waals surface area contributed by atoms with Gasteiger partial charge < -0.3 is 24.2 Å². The Kier molecular flexibility index (Phi) is 5.56. The quantitative estimate of drug-likeness (QED) is 0.672. The summed E-state index contributed by atoms with van der Waals surface area (Å²) in [6.07, 6.45) is 1.63. The second-order valence-corrected chi connectivity index (χ2v) is 7.12. The Bertz CT molecular complexity index is 1050. The lowest BCUT2D eigenvalue weighted by Gasteiger charge is -2.23. The first-order chi connectivity index (χ1) is 14.6. The van der Waals surface area contributed by atoms with E-state index in [9.17, 15) is 4.79 Å². The zero-order valence-electron chi connectivity index (χ0n) is 17.2. The number of nitrogens with one attached hydrogen (secondary N) is 1. The van der Waals surface area contributed by atoms with Crippen LogP contribution in [0, 0.1) is 6.92 Å². The first-order valence-electron chi connectivity index (χ1n) is 9.80. The summed E-state index contributed by atoms with van der Waals surface area (Å²) in [6.45, 7) is 2.55. The maximum absolute atomic E-state index is 13.0. The van der Waals surface area contributed by atoms with Crippen molar-refractivity contribution in [1.29, 1.82) is 0 Å². The van der Waals surface area contributed by atoms with Gasteiger partial charge in [0.25, 0.3) is 0 Å². The zero-order chi connectivity index (χ0) is 21.1. The van der Waals surface area contributed by atoms with E-state index in [2.05, 4.69) is 15.5 Å². The lowest BCUT2D eigenvalue weighted by atomic mass is 10.2. The zero-order valence-corrected chi connectivity index (χ0v) is 17.2. The molecule has 8 nitrogen and oxygen atoms in total. The number of carbonyl (C=O) groups is 1. The van der Waals surface area contributed by atoms with Crippen molar-refractivity contribution in [3.8, 4) is 22.9 Å². The molecule has 0 saturated carbocycles. The number of hydrogen-bond donors (Lipinski definition) is 1. The number of hydrogen-bond acceptors (Lipinski definition) is 6. The molecule has 1 atom stereocenters. The van der Waals surface area contributed by atoms with E-state index < -0.39 is 0 Å². The van der Waals surface area contributed by atoms with Crippen LogP contribution in [0.4, 0.5) is 10.5 Å². The van der Waals surface area contributed by atoms with Crippen molar-refractivity contribution in [3.63, 3.8) is 0 Å². The molecule has 1 aliphatic rings. The molecular weight excluding hydrogens is 384 g/mol. The van der Waals surface area contributed by atoms with Crippen LogP contribution in [0.15, 0.2) is 47.0 Å². The first kappa shape index (κ1) is 19.8. The van der Waals surface area contributed by atoms with Crippen LogP contribution in [-0.4, -0.2) is 41.8 Å². The highest BCUT2D eigenvalue weighted by molar-refractivity contribution is 5.90.